The Kier molecular flexibility index (Phi) is 8.96. The van der Waals surface area contributed by atoms with Gasteiger partial charge in [0.2, 0.25) is 5.91 Å². The molecule has 1 heterocycles. The van der Waals surface area contributed by atoms with E-state index in [0.717, 1.165) is 43.9 Å². The van der Waals surface area contributed by atoms with Crippen LogP contribution in [-0.4, -0.2) is 53.5 Å². The summed E-state index contributed by atoms with van der Waals surface area (Å²) in [6, 6.07) is -0.0683. The van der Waals surface area contributed by atoms with Crippen LogP contribution in [-0.2, 0) is 14.3 Å². The molecule has 126 valence electrons. The first-order valence-corrected chi connectivity index (χ1v) is 8.86. The molecule has 0 aromatic rings. The van der Waals surface area contributed by atoms with Crippen LogP contribution in [0, 0.1) is 0 Å². The molecule has 6 nitrogen and oxygen atoms in total. The van der Waals surface area contributed by atoms with Crippen molar-refractivity contribution in [1.29, 1.82) is 0 Å². The van der Waals surface area contributed by atoms with Gasteiger partial charge in [-0.1, -0.05) is 25.1 Å². The van der Waals surface area contributed by atoms with E-state index in [9.17, 15) is 14.4 Å². The standard InChI is InChI=1S/C15H26N2O4S/c1-3-4-9-21-15(20)17-8-6-5-7-13(10-17)16-14(19)11-22-12(2)18/h13H,3-11H2,1-2H3,(H,16,19)/t13-/m0/s1. The summed E-state index contributed by atoms with van der Waals surface area (Å²) in [5, 5.41) is 2.83. The van der Waals surface area contributed by atoms with Crippen LogP contribution < -0.4 is 5.32 Å². The SMILES string of the molecule is CCCCOC(=O)N1CCCC[C@H](NC(=O)CSC(C)=O)C1. The van der Waals surface area contributed by atoms with Gasteiger partial charge in [-0.25, -0.2) is 4.79 Å². The third-order valence-corrected chi connectivity index (χ3v) is 4.24. The highest BCUT2D eigenvalue weighted by molar-refractivity contribution is 8.14. The Morgan fingerprint density at radius 1 is 1.32 bits per heavy atom. The van der Waals surface area contributed by atoms with E-state index in [0.29, 0.717) is 19.7 Å². The van der Waals surface area contributed by atoms with Gasteiger partial charge >= 0.3 is 6.09 Å². The molecule has 1 rings (SSSR count). The predicted molar refractivity (Wildman–Crippen MR) is 86.7 cm³/mol. The Morgan fingerprint density at radius 3 is 2.77 bits per heavy atom. The van der Waals surface area contributed by atoms with Crippen molar-refractivity contribution < 1.29 is 19.1 Å². The summed E-state index contributed by atoms with van der Waals surface area (Å²) in [4.78, 5) is 36.4. The van der Waals surface area contributed by atoms with Crippen molar-refractivity contribution in [2.45, 2.75) is 52.0 Å². The highest BCUT2D eigenvalue weighted by Gasteiger charge is 2.24. The number of carbonyl (C=O) groups excluding carboxylic acids is 3. The lowest BCUT2D eigenvalue weighted by molar-refractivity contribution is -0.119. The quantitative estimate of drug-likeness (QED) is 0.755. The second kappa shape index (κ2) is 10.5. The second-order valence-electron chi connectivity index (χ2n) is 5.45. The lowest BCUT2D eigenvalue weighted by Gasteiger charge is -2.24. The number of hydrogen-bond acceptors (Lipinski definition) is 5. The zero-order valence-corrected chi connectivity index (χ0v) is 14.2. The van der Waals surface area contributed by atoms with E-state index in [1.165, 1.54) is 6.92 Å². The number of nitrogens with one attached hydrogen (secondary N) is 1. The van der Waals surface area contributed by atoms with Crippen molar-refractivity contribution in [3.63, 3.8) is 0 Å². The molecular formula is C15H26N2O4S. The smallest absolute Gasteiger partial charge is 0.409 e. The fourth-order valence-corrected chi connectivity index (χ4v) is 2.67. The molecule has 1 saturated heterocycles. The average molecular weight is 330 g/mol. The number of carbonyl (C=O) groups is 3. The maximum atomic E-state index is 12.0. The van der Waals surface area contributed by atoms with Gasteiger partial charge in [0.05, 0.1) is 12.4 Å². The molecule has 1 fully saturated rings. The summed E-state index contributed by atoms with van der Waals surface area (Å²) in [5.74, 6) is -0.0290. The molecule has 0 aromatic carbocycles. The van der Waals surface area contributed by atoms with Gasteiger partial charge in [0.1, 0.15) is 0 Å². The largest absolute Gasteiger partial charge is 0.449 e. The van der Waals surface area contributed by atoms with Gasteiger partial charge in [-0.3, -0.25) is 9.59 Å². The molecule has 0 bridgehead atoms. The van der Waals surface area contributed by atoms with Gasteiger partial charge in [0, 0.05) is 26.1 Å². The molecular weight excluding hydrogens is 304 g/mol. The van der Waals surface area contributed by atoms with Gasteiger partial charge in [0.15, 0.2) is 5.12 Å². The van der Waals surface area contributed by atoms with Crippen molar-refractivity contribution in [3.8, 4) is 0 Å². The Balaban J connectivity index is 2.42. The Bertz CT molecular complexity index is 390. The Morgan fingerprint density at radius 2 is 2.09 bits per heavy atom. The van der Waals surface area contributed by atoms with Crippen LogP contribution in [0.1, 0.15) is 46.0 Å². The van der Waals surface area contributed by atoms with Crippen LogP contribution >= 0.6 is 11.8 Å². The zero-order chi connectivity index (χ0) is 16.4. The first-order valence-electron chi connectivity index (χ1n) is 7.87. The lowest BCUT2D eigenvalue weighted by atomic mass is 10.1. The summed E-state index contributed by atoms with van der Waals surface area (Å²) in [6.45, 7) is 5.07. The summed E-state index contributed by atoms with van der Waals surface area (Å²) < 4.78 is 5.24. The van der Waals surface area contributed by atoms with E-state index in [2.05, 4.69) is 5.32 Å². The second-order valence-corrected chi connectivity index (χ2v) is 6.61. The monoisotopic (exact) mass is 330 g/mol. The number of rotatable bonds is 6. The van der Waals surface area contributed by atoms with E-state index in [4.69, 9.17) is 4.74 Å². The summed E-state index contributed by atoms with van der Waals surface area (Å²) >= 11 is 0.998. The number of unbranched alkanes of at least 4 members (excludes halogenated alkanes) is 1. The van der Waals surface area contributed by atoms with Crippen LogP contribution in [0.4, 0.5) is 4.79 Å². The van der Waals surface area contributed by atoms with Crippen LogP contribution in [0.15, 0.2) is 0 Å². The van der Waals surface area contributed by atoms with Crippen LogP contribution in [0.25, 0.3) is 0 Å². The Labute approximate surface area is 136 Å². The summed E-state index contributed by atoms with van der Waals surface area (Å²) in [7, 11) is 0. The first kappa shape index (κ1) is 18.8. The molecule has 1 N–H and O–H groups in total. The molecule has 2 amide bonds. The zero-order valence-electron chi connectivity index (χ0n) is 13.4. The van der Waals surface area contributed by atoms with E-state index >= 15 is 0 Å². The Hall–Kier alpha value is -1.24. The molecule has 1 aliphatic rings. The van der Waals surface area contributed by atoms with Crippen LogP contribution in [0.3, 0.4) is 0 Å². The molecule has 0 radical (unpaired) electrons. The minimum atomic E-state index is -0.298. The number of nitrogens with zero attached hydrogens (tertiary/aromatic N) is 1. The van der Waals surface area contributed by atoms with Gasteiger partial charge < -0.3 is 15.0 Å². The van der Waals surface area contributed by atoms with Crippen LogP contribution in [0.2, 0.25) is 0 Å². The number of amides is 2. The number of ether oxygens (including phenoxy) is 1. The topological polar surface area (TPSA) is 75.7 Å². The molecule has 0 aromatic heterocycles. The van der Waals surface area contributed by atoms with Crippen LogP contribution in [0.5, 0.6) is 0 Å². The lowest BCUT2D eigenvalue weighted by Crippen LogP contribution is -2.45. The molecule has 0 saturated carbocycles. The molecule has 1 aliphatic heterocycles. The highest BCUT2D eigenvalue weighted by Crippen LogP contribution is 2.12. The third-order valence-electron chi connectivity index (χ3n) is 3.42. The van der Waals surface area contributed by atoms with Crippen molar-refractivity contribution in [1.82, 2.24) is 10.2 Å². The fourth-order valence-electron chi connectivity index (χ4n) is 2.26. The van der Waals surface area contributed by atoms with Crippen molar-refractivity contribution >= 4 is 28.9 Å². The van der Waals surface area contributed by atoms with Gasteiger partial charge in [0.25, 0.3) is 0 Å². The van der Waals surface area contributed by atoms with E-state index in [1.54, 1.807) is 4.90 Å². The van der Waals surface area contributed by atoms with Crippen molar-refractivity contribution in [3.05, 3.63) is 0 Å². The van der Waals surface area contributed by atoms with Crippen molar-refractivity contribution in [2.24, 2.45) is 0 Å². The van der Waals surface area contributed by atoms with Gasteiger partial charge in [-0.2, -0.15) is 0 Å². The summed E-state index contributed by atoms with van der Waals surface area (Å²) in [6.07, 6.45) is 4.27. The first-order chi connectivity index (χ1) is 10.5. The molecule has 22 heavy (non-hydrogen) atoms. The van der Waals surface area contributed by atoms with Crippen molar-refractivity contribution in [2.75, 3.05) is 25.4 Å². The number of likely N-dealkylation sites (tertiary alicyclic amines) is 1. The molecule has 1 atom stereocenters. The van der Waals surface area contributed by atoms with Gasteiger partial charge in [-0.05, 0) is 25.7 Å². The number of hydrogen-bond donors (Lipinski definition) is 1. The normalized spacial score (nSPS) is 18.5. The molecule has 0 spiro atoms. The average Bonchev–Trinajstić information content (AvgIpc) is 2.71. The summed E-state index contributed by atoms with van der Waals surface area (Å²) in [5.41, 5.74) is 0. The number of thioether (sulfide) groups is 1. The van der Waals surface area contributed by atoms with E-state index < -0.39 is 0 Å². The maximum absolute atomic E-state index is 12.0. The molecule has 0 aliphatic carbocycles. The predicted octanol–water partition coefficient (Wildman–Crippen LogP) is 2.17. The minimum absolute atomic E-state index is 0.0683. The molecule has 0 unspecified atom stereocenters. The maximum Gasteiger partial charge on any atom is 0.409 e. The van der Waals surface area contributed by atoms with E-state index in [1.807, 2.05) is 6.92 Å². The highest BCUT2D eigenvalue weighted by atomic mass is 32.2. The third kappa shape index (κ3) is 7.68. The molecule has 7 heteroatoms. The van der Waals surface area contributed by atoms with Gasteiger partial charge in [-0.15, -0.1) is 0 Å². The minimum Gasteiger partial charge on any atom is -0.449 e. The fraction of sp³-hybridized carbons (Fsp3) is 0.800. The van der Waals surface area contributed by atoms with E-state index in [-0.39, 0.29) is 28.9 Å².